The SMILES string of the molecule is c1ccc(C2=NC(c3ccccc3)NC(c3ccc4oc5c(-c6ccc7c(ccc8ccccc87)c6)cc(-c6ccc7ccc8ccccc8c7c6)cc5c4c3)=N2)cc1. The lowest BCUT2D eigenvalue weighted by molar-refractivity contribution is 0.669. The Kier molecular flexibility index (Phi) is 7.57. The summed E-state index contributed by atoms with van der Waals surface area (Å²) in [6.07, 6.45) is -0.289. The van der Waals surface area contributed by atoms with Gasteiger partial charge in [-0.15, -0.1) is 0 Å². The highest BCUT2D eigenvalue weighted by Gasteiger charge is 2.23. The zero-order valence-electron chi connectivity index (χ0n) is 31.9. The van der Waals surface area contributed by atoms with E-state index in [-0.39, 0.29) is 6.17 Å². The second-order valence-corrected chi connectivity index (χ2v) is 15.4. The zero-order valence-corrected chi connectivity index (χ0v) is 31.9. The average Bonchev–Trinajstić information content (AvgIpc) is 3.69. The first-order chi connectivity index (χ1) is 29.2. The molecule has 4 nitrogen and oxygen atoms in total. The maximum atomic E-state index is 6.88. The maximum Gasteiger partial charge on any atom is 0.159 e. The first kappa shape index (κ1) is 33.3. The molecule has 0 saturated heterocycles. The van der Waals surface area contributed by atoms with Crippen LogP contribution in [0.2, 0.25) is 0 Å². The van der Waals surface area contributed by atoms with E-state index in [1.807, 2.05) is 24.3 Å². The Balaban J connectivity index is 1.07. The molecule has 1 aliphatic heterocycles. The molecule has 1 N–H and O–H groups in total. The number of amidine groups is 2. The molecule has 11 aromatic rings. The van der Waals surface area contributed by atoms with Crippen LogP contribution in [0, 0.1) is 0 Å². The van der Waals surface area contributed by atoms with Gasteiger partial charge in [-0.2, -0.15) is 0 Å². The molecule has 12 rings (SSSR count). The number of nitrogens with one attached hydrogen (secondary N) is 1. The number of hydrogen-bond acceptors (Lipinski definition) is 4. The van der Waals surface area contributed by atoms with Crippen LogP contribution in [0.4, 0.5) is 0 Å². The third kappa shape index (κ3) is 5.68. The van der Waals surface area contributed by atoms with Gasteiger partial charge in [0.1, 0.15) is 23.2 Å². The largest absolute Gasteiger partial charge is 0.455 e. The molecule has 59 heavy (non-hydrogen) atoms. The Labute approximate surface area is 340 Å². The number of aliphatic imine (C=N–C) groups is 2. The van der Waals surface area contributed by atoms with Gasteiger partial charge in [-0.3, -0.25) is 0 Å². The number of rotatable bonds is 5. The fourth-order valence-electron chi connectivity index (χ4n) is 8.89. The van der Waals surface area contributed by atoms with Crippen molar-refractivity contribution in [1.29, 1.82) is 0 Å². The van der Waals surface area contributed by atoms with E-state index in [0.29, 0.717) is 5.84 Å². The Morgan fingerprint density at radius 1 is 0.390 bits per heavy atom. The first-order valence-electron chi connectivity index (χ1n) is 20.1. The zero-order chi connectivity index (χ0) is 38.9. The highest BCUT2D eigenvalue weighted by Crippen LogP contribution is 2.42. The van der Waals surface area contributed by atoms with Gasteiger partial charge < -0.3 is 9.73 Å². The molecule has 0 bridgehead atoms. The average molecular weight is 754 g/mol. The monoisotopic (exact) mass is 753 g/mol. The Bertz CT molecular complexity index is 3530. The predicted molar refractivity (Wildman–Crippen MR) is 246 cm³/mol. The van der Waals surface area contributed by atoms with Crippen LogP contribution in [0.3, 0.4) is 0 Å². The van der Waals surface area contributed by atoms with E-state index < -0.39 is 0 Å². The molecule has 276 valence electrons. The quantitative estimate of drug-likeness (QED) is 0.178. The van der Waals surface area contributed by atoms with Gasteiger partial charge in [0.25, 0.3) is 0 Å². The smallest absolute Gasteiger partial charge is 0.159 e. The van der Waals surface area contributed by atoms with Crippen molar-refractivity contribution in [2.24, 2.45) is 9.98 Å². The molecule has 0 amide bonds. The number of nitrogens with zero attached hydrogens (tertiary/aromatic N) is 2. The van der Waals surface area contributed by atoms with Gasteiger partial charge in [-0.1, -0.05) is 158 Å². The topological polar surface area (TPSA) is 49.9 Å². The van der Waals surface area contributed by atoms with Crippen molar-refractivity contribution in [2.45, 2.75) is 6.17 Å². The molecule has 10 aromatic carbocycles. The van der Waals surface area contributed by atoms with Crippen LogP contribution in [-0.4, -0.2) is 11.7 Å². The Morgan fingerprint density at radius 3 is 1.78 bits per heavy atom. The van der Waals surface area contributed by atoms with Crippen LogP contribution in [-0.2, 0) is 0 Å². The molecule has 0 fully saturated rings. The predicted octanol–water partition coefficient (Wildman–Crippen LogP) is 14.0. The van der Waals surface area contributed by atoms with Gasteiger partial charge in [0.2, 0.25) is 0 Å². The van der Waals surface area contributed by atoms with Crippen molar-refractivity contribution >= 4 is 76.7 Å². The normalized spacial score (nSPS) is 14.3. The maximum absolute atomic E-state index is 6.88. The summed E-state index contributed by atoms with van der Waals surface area (Å²) in [7, 11) is 0. The van der Waals surface area contributed by atoms with Crippen LogP contribution in [0.1, 0.15) is 22.9 Å². The highest BCUT2D eigenvalue weighted by atomic mass is 16.3. The van der Waals surface area contributed by atoms with E-state index in [4.69, 9.17) is 14.4 Å². The van der Waals surface area contributed by atoms with Gasteiger partial charge >= 0.3 is 0 Å². The van der Waals surface area contributed by atoms with E-state index in [1.54, 1.807) is 0 Å². The summed E-state index contributed by atoms with van der Waals surface area (Å²) in [5, 5.41) is 15.6. The minimum atomic E-state index is -0.289. The first-order valence-corrected chi connectivity index (χ1v) is 20.1. The summed E-state index contributed by atoms with van der Waals surface area (Å²) in [6, 6.07) is 71.3. The molecule has 0 radical (unpaired) electrons. The summed E-state index contributed by atoms with van der Waals surface area (Å²) in [6.45, 7) is 0. The van der Waals surface area contributed by atoms with Crippen molar-refractivity contribution in [3.05, 3.63) is 217 Å². The molecule has 0 spiro atoms. The lowest BCUT2D eigenvalue weighted by Gasteiger charge is -2.23. The lowest BCUT2D eigenvalue weighted by atomic mass is 9.92. The van der Waals surface area contributed by atoms with E-state index in [1.165, 1.54) is 43.1 Å². The molecule has 0 aliphatic carbocycles. The molecule has 1 atom stereocenters. The number of fused-ring (bicyclic) bond motifs is 9. The number of furan rings is 1. The number of benzene rings is 10. The van der Waals surface area contributed by atoms with Gasteiger partial charge in [0.15, 0.2) is 5.84 Å². The second-order valence-electron chi connectivity index (χ2n) is 15.4. The molecule has 0 saturated carbocycles. The van der Waals surface area contributed by atoms with Gasteiger partial charge in [0.05, 0.1) is 0 Å². The summed E-state index contributed by atoms with van der Waals surface area (Å²) < 4.78 is 6.88. The van der Waals surface area contributed by atoms with Crippen LogP contribution >= 0.6 is 0 Å². The third-order valence-corrected chi connectivity index (χ3v) is 11.9. The molecular formula is C55H35N3O. The Hall–Kier alpha value is -7.82. The fraction of sp³-hybridized carbons (Fsp3) is 0.0182. The van der Waals surface area contributed by atoms with Crippen molar-refractivity contribution in [2.75, 3.05) is 0 Å². The molecule has 2 heterocycles. The van der Waals surface area contributed by atoms with Crippen LogP contribution in [0.25, 0.3) is 87.3 Å². The van der Waals surface area contributed by atoms with Gasteiger partial charge in [0, 0.05) is 27.5 Å². The lowest BCUT2D eigenvalue weighted by Crippen LogP contribution is -2.33. The Morgan fingerprint density at radius 2 is 0.983 bits per heavy atom. The van der Waals surface area contributed by atoms with Gasteiger partial charge in [-0.05, 0) is 108 Å². The second kappa shape index (κ2) is 13.4. The van der Waals surface area contributed by atoms with Gasteiger partial charge in [-0.25, -0.2) is 9.98 Å². The van der Waals surface area contributed by atoms with Crippen LogP contribution in [0.5, 0.6) is 0 Å². The van der Waals surface area contributed by atoms with E-state index in [0.717, 1.165) is 66.7 Å². The van der Waals surface area contributed by atoms with Crippen molar-refractivity contribution < 1.29 is 4.42 Å². The molecular weight excluding hydrogens is 719 g/mol. The molecule has 1 aromatic heterocycles. The summed E-state index contributed by atoms with van der Waals surface area (Å²) in [5.41, 5.74) is 9.15. The van der Waals surface area contributed by atoms with Crippen molar-refractivity contribution in [1.82, 2.24) is 5.32 Å². The van der Waals surface area contributed by atoms with Crippen LogP contribution < -0.4 is 5.32 Å². The summed E-state index contributed by atoms with van der Waals surface area (Å²) in [4.78, 5) is 10.2. The minimum Gasteiger partial charge on any atom is -0.455 e. The van der Waals surface area contributed by atoms with E-state index in [9.17, 15) is 0 Å². The number of hydrogen-bond donors (Lipinski definition) is 1. The summed E-state index contributed by atoms with van der Waals surface area (Å²) in [5.74, 6) is 1.46. The molecule has 1 aliphatic rings. The fourth-order valence-corrected chi connectivity index (χ4v) is 8.89. The van der Waals surface area contributed by atoms with Crippen molar-refractivity contribution in [3.8, 4) is 22.3 Å². The third-order valence-electron chi connectivity index (χ3n) is 11.9. The molecule has 4 heteroatoms. The molecule has 1 unspecified atom stereocenters. The van der Waals surface area contributed by atoms with E-state index in [2.05, 4.69) is 181 Å². The standard InChI is InChI=1S/C55H35N3O/c1-3-13-37(14-4-1)53-56-54(38-15-5-2-6-16-38)58-55(57-53)42-26-28-51-49(31-42)50-33-43(39-23-21-36-20-19-35-12-8-10-18-45(35)47(36)30-39)32-48(52(50)59-51)41-25-27-46-40(29-41)24-22-34-11-7-9-17-44(34)46/h1-33,53H,(H,56,57,58). The highest BCUT2D eigenvalue weighted by molar-refractivity contribution is 6.18. The minimum absolute atomic E-state index is 0.289. The van der Waals surface area contributed by atoms with Crippen molar-refractivity contribution in [3.63, 3.8) is 0 Å². The van der Waals surface area contributed by atoms with E-state index >= 15 is 0 Å². The summed E-state index contributed by atoms with van der Waals surface area (Å²) >= 11 is 0. The van der Waals surface area contributed by atoms with Crippen LogP contribution in [0.15, 0.2) is 215 Å².